The van der Waals surface area contributed by atoms with Crippen LogP contribution in [0.2, 0.25) is 0 Å². The van der Waals surface area contributed by atoms with E-state index < -0.39 is 0 Å². The summed E-state index contributed by atoms with van der Waals surface area (Å²) in [4.78, 5) is 0. The highest BCUT2D eigenvalue weighted by Crippen LogP contribution is 2.47. The molecule has 0 aromatic heterocycles. The zero-order valence-corrected chi connectivity index (χ0v) is 17.5. The van der Waals surface area contributed by atoms with Gasteiger partial charge >= 0.3 is 0 Å². The van der Waals surface area contributed by atoms with Crippen molar-refractivity contribution >= 4 is 0 Å². The van der Waals surface area contributed by atoms with Gasteiger partial charge in [0.15, 0.2) is 0 Å². The lowest BCUT2D eigenvalue weighted by Crippen LogP contribution is -2.43. The predicted molar refractivity (Wildman–Crippen MR) is 116 cm³/mol. The van der Waals surface area contributed by atoms with Gasteiger partial charge in [-0.1, -0.05) is 38.2 Å². The van der Waals surface area contributed by atoms with Gasteiger partial charge in [-0.2, -0.15) is 0 Å². The second-order valence-electron chi connectivity index (χ2n) is 9.69. The van der Waals surface area contributed by atoms with E-state index in [2.05, 4.69) is 55.6 Å². The van der Waals surface area contributed by atoms with Crippen LogP contribution >= 0.6 is 0 Å². The molecular formula is C26H35NO. The number of ether oxygens (including phenoxy) is 1. The fourth-order valence-corrected chi connectivity index (χ4v) is 6.12. The molecule has 5 rings (SSSR count). The summed E-state index contributed by atoms with van der Waals surface area (Å²) < 4.78 is 6.30. The van der Waals surface area contributed by atoms with E-state index in [1.807, 2.05) is 0 Å². The smallest absolute Gasteiger partial charge is 0.119 e. The molecule has 1 fully saturated rings. The third-order valence-corrected chi connectivity index (χ3v) is 7.64. The Morgan fingerprint density at radius 2 is 2.00 bits per heavy atom. The average Bonchev–Trinajstić information content (AvgIpc) is 3.12. The summed E-state index contributed by atoms with van der Waals surface area (Å²) in [6.07, 6.45) is 24.7. The molecule has 0 amide bonds. The molecular weight excluding hydrogens is 342 g/mol. The van der Waals surface area contributed by atoms with Gasteiger partial charge in [0, 0.05) is 17.5 Å². The molecule has 0 saturated heterocycles. The Labute approximate surface area is 170 Å². The molecule has 5 aliphatic rings. The molecule has 5 atom stereocenters. The summed E-state index contributed by atoms with van der Waals surface area (Å²) in [5.74, 6) is 3.76. The third kappa shape index (κ3) is 3.29. The van der Waals surface area contributed by atoms with E-state index in [4.69, 9.17) is 4.74 Å². The van der Waals surface area contributed by atoms with E-state index in [0.717, 1.165) is 0 Å². The lowest BCUT2D eigenvalue weighted by molar-refractivity contribution is 0.0732. The molecule has 150 valence electrons. The number of hydrogen-bond acceptors (Lipinski definition) is 2. The minimum absolute atomic E-state index is 0.437. The molecule has 3 aliphatic carbocycles. The molecule has 5 unspecified atom stereocenters. The van der Waals surface area contributed by atoms with Crippen LogP contribution in [-0.2, 0) is 4.74 Å². The van der Waals surface area contributed by atoms with Gasteiger partial charge in [-0.15, -0.1) is 0 Å². The first-order valence-corrected chi connectivity index (χ1v) is 11.6. The molecule has 1 saturated carbocycles. The Balaban J connectivity index is 1.36. The Morgan fingerprint density at radius 3 is 2.82 bits per heavy atom. The molecule has 0 radical (unpaired) electrons. The second kappa shape index (κ2) is 7.61. The van der Waals surface area contributed by atoms with Crippen LogP contribution in [0, 0.1) is 23.7 Å². The molecule has 2 aliphatic heterocycles. The Bertz CT molecular complexity index is 765. The first kappa shape index (κ1) is 18.3. The maximum absolute atomic E-state index is 6.30. The Hall–Kier alpha value is -1.70. The highest BCUT2D eigenvalue weighted by atomic mass is 16.5. The molecule has 2 heteroatoms. The number of hydrogen-bond donors (Lipinski definition) is 1. The van der Waals surface area contributed by atoms with Gasteiger partial charge in [0.1, 0.15) is 11.9 Å². The zero-order chi connectivity index (χ0) is 19.1. The molecule has 28 heavy (non-hydrogen) atoms. The fourth-order valence-electron chi connectivity index (χ4n) is 6.12. The zero-order valence-electron chi connectivity index (χ0n) is 17.5. The summed E-state index contributed by atoms with van der Waals surface area (Å²) in [7, 11) is 0. The van der Waals surface area contributed by atoms with Crippen LogP contribution in [0.25, 0.3) is 0 Å². The molecule has 0 aromatic carbocycles. The highest BCUT2D eigenvalue weighted by Gasteiger charge is 2.42. The summed E-state index contributed by atoms with van der Waals surface area (Å²) >= 11 is 0. The van der Waals surface area contributed by atoms with Gasteiger partial charge in [0.25, 0.3) is 0 Å². The van der Waals surface area contributed by atoms with Gasteiger partial charge in [-0.25, -0.2) is 0 Å². The number of nitrogens with one attached hydrogen (secondary N) is 1. The van der Waals surface area contributed by atoms with Crippen LogP contribution in [0.5, 0.6) is 0 Å². The minimum atomic E-state index is 0.437. The lowest BCUT2D eigenvalue weighted by Gasteiger charge is -2.40. The normalized spacial score (nSPS) is 37.0. The topological polar surface area (TPSA) is 21.3 Å². The van der Waals surface area contributed by atoms with Crippen molar-refractivity contribution in [2.24, 2.45) is 23.7 Å². The maximum atomic E-state index is 6.30. The fraction of sp³-hybridized carbons (Fsp3) is 0.615. The predicted octanol–water partition coefficient (Wildman–Crippen LogP) is 6.20. The average molecular weight is 378 g/mol. The Kier molecular flexibility index (Phi) is 4.99. The van der Waals surface area contributed by atoms with Crippen LogP contribution in [-0.4, -0.2) is 12.1 Å². The summed E-state index contributed by atoms with van der Waals surface area (Å²) in [5, 5.41) is 4.05. The third-order valence-electron chi connectivity index (χ3n) is 7.64. The van der Waals surface area contributed by atoms with Crippen molar-refractivity contribution in [3.8, 4) is 0 Å². The van der Waals surface area contributed by atoms with Crippen LogP contribution < -0.4 is 5.32 Å². The lowest BCUT2D eigenvalue weighted by atomic mass is 9.73. The SMILES string of the molecule is CC(C)C1=CC=C(C2CCC3OC4=C(CCC=C4)C3C2)NC1C1C=CCCC1. The van der Waals surface area contributed by atoms with Crippen molar-refractivity contribution in [3.05, 3.63) is 59.1 Å². The van der Waals surface area contributed by atoms with E-state index in [9.17, 15) is 0 Å². The molecule has 1 N–H and O–H groups in total. The van der Waals surface area contributed by atoms with Crippen molar-refractivity contribution in [1.29, 1.82) is 0 Å². The van der Waals surface area contributed by atoms with E-state index >= 15 is 0 Å². The van der Waals surface area contributed by atoms with Gasteiger partial charge < -0.3 is 10.1 Å². The van der Waals surface area contributed by atoms with E-state index in [1.54, 1.807) is 11.1 Å². The van der Waals surface area contributed by atoms with Crippen molar-refractivity contribution in [2.45, 2.75) is 77.4 Å². The summed E-state index contributed by atoms with van der Waals surface area (Å²) in [5.41, 5.74) is 4.69. The summed E-state index contributed by atoms with van der Waals surface area (Å²) in [6, 6.07) is 0.487. The largest absolute Gasteiger partial charge is 0.490 e. The molecule has 2 nitrogen and oxygen atoms in total. The quantitative estimate of drug-likeness (QED) is 0.591. The van der Waals surface area contributed by atoms with Gasteiger partial charge in [-0.3, -0.25) is 0 Å². The molecule has 0 aromatic rings. The van der Waals surface area contributed by atoms with E-state index in [1.165, 1.54) is 62.8 Å². The van der Waals surface area contributed by atoms with Crippen LogP contribution in [0.1, 0.15) is 65.2 Å². The number of allylic oxidation sites excluding steroid dienone is 6. The highest BCUT2D eigenvalue weighted by molar-refractivity contribution is 5.35. The first-order chi connectivity index (χ1) is 13.7. The summed E-state index contributed by atoms with van der Waals surface area (Å²) in [6.45, 7) is 4.69. The second-order valence-corrected chi connectivity index (χ2v) is 9.69. The van der Waals surface area contributed by atoms with Crippen molar-refractivity contribution < 1.29 is 4.74 Å². The number of dihydropyridines is 1. The Morgan fingerprint density at radius 1 is 1.07 bits per heavy atom. The minimum Gasteiger partial charge on any atom is -0.490 e. The van der Waals surface area contributed by atoms with Crippen LogP contribution in [0.3, 0.4) is 0 Å². The number of fused-ring (bicyclic) bond motifs is 2. The van der Waals surface area contributed by atoms with Crippen LogP contribution in [0.15, 0.2) is 59.1 Å². The van der Waals surface area contributed by atoms with Crippen molar-refractivity contribution in [2.75, 3.05) is 0 Å². The first-order valence-electron chi connectivity index (χ1n) is 11.6. The number of rotatable bonds is 3. The van der Waals surface area contributed by atoms with Gasteiger partial charge in [-0.05, 0) is 86.5 Å². The van der Waals surface area contributed by atoms with Crippen molar-refractivity contribution in [3.63, 3.8) is 0 Å². The van der Waals surface area contributed by atoms with Crippen LogP contribution in [0.4, 0.5) is 0 Å². The molecule has 0 spiro atoms. The van der Waals surface area contributed by atoms with Gasteiger partial charge in [0.2, 0.25) is 0 Å². The van der Waals surface area contributed by atoms with Crippen molar-refractivity contribution in [1.82, 2.24) is 5.32 Å². The molecule has 2 heterocycles. The van der Waals surface area contributed by atoms with Gasteiger partial charge in [0.05, 0.1) is 6.04 Å². The van der Waals surface area contributed by atoms with E-state index in [-0.39, 0.29) is 0 Å². The molecule has 0 bridgehead atoms. The van der Waals surface area contributed by atoms with E-state index in [0.29, 0.717) is 35.8 Å². The monoisotopic (exact) mass is 377 g/mol. The standard InChI is InChI=1S/C26H35NO/c1-17(2)20-13-14-23(27-26(20)18-8-4-3-5-9-18)19-12-15-25-22(16-19)21-10-6-7-11-24(21)28-25/h4,7-8,11,13-14,17-19,22,25-27H,3,5-6,9-10,12,15-16H2,1-2H3. The maximum Gasteiger partial charge on any atom is 0.119 e.